The summed E-state index contributed by atoms with van der Waals surface area (Å²) >= 11 is 3.62. The lowest BCUT2D eigenvalue weighted by molar-refractivity contribution is 0.0480. The van der Waals surface area contributed by atoms with Gasteiger partial charge >= 0.3 is 6.09 Å². The maximum Gasteiger partial charge on any atom is 0.407 e. The maximum atomic E-state index is 12.9. The molecular formula is C25H32BrN3O4. The van der Waals surface area contributed by atoms with Crippen molar-refractivity contribution < 1.29 is 14.3 Å². The van der Waals surface area contributed by atoms with Crippen molar-refractivity contribution >= 4 is 43.7 Å². The van der Waals surface area contributed by atoms with E-state index in [1.54, 1.807) is 17.8 Å². The molecule has 0 saturated carbocycles. The Balaban J connectivity index is 1.92. The number of nitrogens with zero attached hydrogens (tertiary/aromatic N) is 2. The molecule has 1 aromatic carbocycles. The van der Waals surface area contributed by atoms with E-state index in [1.807, 2.05) is 45.9 Å². The molecule has 0 saturated heterocycles. The average Bonchev–Trinajstić information content (AvgIpc) is 2.68. The molecule has 0 radical (unpaired) electrons. The highest BCUT2D eigenvalue weighted by Crippen LogP contribution is 2.33. The molecule has 1 N–H and O–H groups in total. The molecule has 8 heteroatoms. The molecule has 0 fully saturated rings. The molecule has 0 aliphatic rings. The molecule has 1 unspecified atom stereocenters. The number of alkyl carbamates (subject to hydrolysis) is 1. The number of aromatic nitrogens is 2. The molecule has 7 nitrogen and oxygen atoms in total. The van der Waals surface area contributed by atoms with Gasteiger partial charge in [0.05, 0.1) is 21.4 Å². The molecule has 1 amide bonds. The van der Waals surface area contributed by atoms with Crippen molar-refractivity contribution in [1.82, 2.24) is 14.9 Å². The van der Waals surface area contributed by atoms with Crippen molar-refractivity contribution in [3.05, 3.63) is 44.9 Å². The molecule has 0 bridgehead atoms. The number of amides is 1. The third-order valence-electron chi connectivity index (χ3n) is 5.19. The number of rotatable bonds is 6. The van der Waals surface area contributed by atoms with Gasteiger partial charge in [-0.3, -0.25) is 9.78 Å². The van der Waals surface area contributed by atoms with Gasteiger partial charge in [0.15, 0.2) is 0 Å². The van der Waals surface area contributed by atoms with E-state index < -0.39 is 11.7 Å². The molecule has 0 spiro atoms. The molecule has 2 aromatic heterocycles. The minimum atomic E-state index is -0.573. The maximum absolute atomic E-state index is 12.9. The number of hydrogen-bond donors (Lipinski definition) is 1. The number of carbonyl (C=O) groups is 1. The van der Waals surface area contributed by atoms with Gasteiger partial charge in [-0.15, -0.1) is 0 Å². The lowest BCUT2D eigenvalue weighted by Gasteiger charge is -2.25. The van der Waals surface area contributed by atoms with Crippen LogP contribution in [0.15, 0.2) is 33.7 Å². The molecule has 1 atom stereocenters. The number of nitrogens with one attached hydrogen (secondary N) is 1. The predicted octanol–water partition coefficient (Wildman–Crippen LogP) is 5.48. The van der Waals surface area contributed by atoms with Crippen LogP contribution < -0.4 is 15.6 Å². The number of benzene rings is 1. The van der Waals surface area contributed by atoms with Crippen LogP contribution in [0, 0.1) is 12.8 Å². The largest absolute Gasteiger partial charge is 0.490 e. The Morgan fingerprint density at radius 1 is 1.18 bits per heavy atom. The number of pyridine rings is 2. The average molecular weight is 518 g/mol. The fraction of sp³-hybridized carbons (Fsp3) is 0.480. The lowest BCUT2D eigenvalue weighted by atomic mass is 10.0. The topological polar surface area (TPSA) is 82.5 Å². The van der Waals surface area contributed by atoms with Crippen LogP contribution in [0.5, 0.6) is 5.75 Å². The highest BCUT2D eigenvalue weighted by molar-refractivity contribution is 9.10. The highest BCUT2D eigenvalue weighted by atomic mass is 79.9. The van der Waals surface area contributed by atoms with Crippen LogP contribution in [0.1, 0.15) is 46.7 Å². The van der Waals surface area contributed by atoms with E-state index >= 15 is 0 Å². The second-order valence-electron chi connectivity index (χ2n) is 9.82. The van der Waals surface area contributed by atoms with E-state index in [2.05, 4.69) is 40.1 Å². The first-order valence-corrected chi connectivity index (χ1v) is 11.9. The Kier molecular flexibility index (Phi) is 7.36. The van der Waals surface area contributed by atoms with E-state index in [1.165, 1.54) is 0 Å². The highest BCUT2D eigenvalue weighted by Gasteiger charge is 2.21. The van der Waals surface area contributed by atoms with Crippen LogP contribution in [-0.2, 0) is 11.8 Å². The van der Waals surface area contributed by atoms with Crippen LogP contribution in [0.2, 0.25) is 0 Å². The number of hydrogen-bond acceptors (Lipinski definition) is 5. The number of fused-ring (bicyclic) bond motifs is 3. The molecule has 0 aliphatic heterocycles. The van der Waals surface area contributed by atoms with Crippen molar-refractivity contribution in [2.75, 3.05) is 6.61 Å². The van der Waals surface area contributed by atoms with E-state index in [4.69, 9.17) is 9.47 Å². The number of halogens is 1. The fourth-order valence-electron chi connectivity index (χ4n) is 3.79. The van der Waals surface area contributed by atoms with E-state index in [0.29, 0.717) is 17.1 Å². The summed E-state index contributed by atoms with van der Waals surface area (Å²) in [5.74, 6) is 0.958. The van der Waals surface area contributed by atoms with Crippen LogP contribution in [0.4, 0.5) is 4.79 Å². The number of ether oxygens (including phenoxy) is 2. The Bertz CT molecular complexity index is 1240. The Labute approximate surface area is 202 Å². The van der Waals surface area contributed by atoms with Gasteiger partial charge in [0, 0.05) is 30.4 Å². The summed E-state index contributed by atoms with van der Waals surface area (Å²) in [6.07, 6.45) is 1.90. The van der Waals surface area contributed by atoms with Gasteiger partial charge in [-0.05, 0) is 73.5 Å². The quantitative estimate of drug-likeness (QED) is 0.438. The summed E-state index contributed by atoms with van der Waals surface area (Å²) in [6, 6.07) is 5.52. The molecule has 33 heavy (non-hydrogen) atoms. The van der Waals surface area contributed by atoms with Crippen molar-refractivity contribution in [2.24, 2.45) is 13.0 Å². The summed E-state index contributed by atoms with van der Waals surface area (Å²) < 4.78 is 13.9. The molecule has 0 aliphatic carbocycles. The first kappa shape index (κ1) is 25.0. The van der Waals surface area contributed by atoms with Gasteiger partial charge in [-0.2, -0.15) is 0 Å². The Morgan fingerprint density at radius 3 is 2.52 bits per heavy atom. The monoisotopic (exact) mass is 517 g/mol. The zero-order chi connectivity index (χ0) is 24.5. The van der Waals surface area contributed by atoms with Crippen LogP contribution >= 0.6 is 15.9 Å². The van der Waals surface area contributed by atoms with Gasteiger partial charge < -0.3 is 19.4 Å². The van der Waals surface area contributed by atoms with E-state index in [-0.39, 0.29) is 18.2 Å². The van der Waals surface area contributed by atoms with Crippen LogP contribution in [0.3, 0.4) is 0 Å². The first-order chi connectivity index (χ1) is 15.4. The second-order valence-corrected chi connectivity index (χ2v) is 10.7. The number of aryl methyl sites for hydroxylation is 2. The molecule has 178 valence electrons. The summed E-state index contributed by atoms with van der Waals surface area (Å²) in [7, 11) is 1.74. The Morgan fingerprint density at radius 2 is 1.88 bits per heavy atom. The van der Waals surface area contributed by atoms with Crippen LogP contribution in [-0.4, -0.2) is 33.9 Å². The van der Waals surface area contributed by atoms with Crippen molar-refractivity contribution in [3.63, 3.8) is 0 Å². The molecule has 2 heterocycles. The summed E-state index contributed by atoms with van der Waals surface area (Å²) in [4.78, 5) is 29.5. The summed E-state index contributed by atoms with van der Waals surface area (Å²) in [6.45, 7) is 11.9. The van der Waals surface area contributed by atoms with Gasteiger partial charge in [0.2, 0.25) is 0 Å². The molecule has 3 aromatic rings. The summed E-state index contributed by atoms with van der Waals surface area (Å²) in [5.41, 5.74) is 0.925. The summed E-state index contributed by atoms with van der Waals surface area (Å²) in [5, 5.41) is 5.29. The minimum absolute atomic E-state index is 0.109. The van der Waals surface area contributed by atoms with Crippen molar-refractivity contribution in [3.8, 4) is 5.75 Å². The van der Waals surface area contributed by atoms with Gasteiger partial charge in [0.1, 0.15) is 18.0 Å². The van der Waals surface area contributed by atoms with E-state index in [0.717, 1.165) is 32.9 Å². The fourth-order valence-corrected chi connectivity index (χ4v) is 4.25. The van der Waals surface area contributed by atoms with Crippen molar-refractivity contribution in [1.29, 1.82) is 0 Å². The standard InChI is InChI=1S/C25H32BrN3O4/c1-14(2)8-16(28-24(31)33-25(4,5)6)13-32-22-11-21-18(10-20(22)26)17-9-15(3)27-12-19(17)23(30)29(21)7/h9-12,14,16H,8,13H2,1-7H3,(H,28,31). The zero-order valence-corrected chi connectivity index (χ0v) is 21.9. The van der Waals surface area contributed by atoms with Crippen molar-refractivity contribution in [2.45, 2.75) is 59.6 Å². The SMILES string of the molecule is Cc1cc2c(cn1)c(=O)n(C)c1cc(OCC(CC(C)C)NC(=O)OC(C)(C)C)c(Br)cc21. The predicted molar refractivity (Wildman–Crippen MR) is 135 cm³/mol. The Hall–Kier alpha value is -2.61. The van der Waals surface area contributed by atoms with Gasteiger partial charge in [-0.25, -0.2) is 4.79 Å². The van der Waals surface area contributed by atoms with Crippen LogP contribution in [0.25, 0.3) is 21.7 Å². The smallest absolute Gasteiger partial charge is 0.407 e. The first-order valence-electron chi connectivity index (χ1n) is 11.1. The second kappa shape index (κ2) is 9.71. The van der Waals surface area contributed by atoms with E-state index in [9.17, 15) is 9.59 Å². The lowest BCUT2D eigenvalue weighted by Crippen LogP contribution is -2.42. The third-order valence-corrected chi connectivity index (χ3v) is 5.81. The normalized spacial score (nSPS) is 12.9. The molecular weight excluding hydrogens is 486 g/mol. The minimum Gasteiger partial charge on any atom is -0.490 e. The number of carbonyl (C=O) groups excluding carboxylic acids is 1. The third kappa shape index (κ3) is 6.05. The van der Waals surface area contributed by atoms with Gasteiger partial charge in [-0.1, -0.05) is 13.8 Å². The van der Waals surface area contributed by atoms with Gasteiger partial charge in [0.25, 0.3) is 5.56 Å². The molecule has 3 rings (SSSR count). The zero-order valence-electron chi connectivity index (χ0n) is 20.3.